The summed E-state index contributed by atoms with van der Waals surface area (Å²) in [7, 11) is -3.82. The summed E-state index contributed by atoms with van der Waals surface area (Å²) in [5.74, 6) is 0. The van der Waals surface area contributed by atoms with Crippen molar-refractivity contribution in [2.45, 2.75) is 26.2 Å². The molecule has 0 aliphatic rings. The minimum Gasteiger partial charge on any atom is -0.204 e. The maximum atomic E-state index is 10.2. The van der Waals surface area contributed by atoms with Crippen LogP contribution in [0.25, 0.3) is 0 Å². The van der Waals surface area contributed by atoms with Gasteiger partial charge in [0.1, 0.15) is 0 Å². The minimum atomic E-state index is -3.82. The normalized spacial score (nSPS) is 11.8. The van der Waals surface area contributed by atoms with Gasteiger partial charge in [-0.2, -0.15) is 18.2 Å². The van der Waals surface area contributed by atoms with Crippen LogP contribution >= 0.6 is 0 Å². The van der Waals surface area contributed by atoms with E-state index in [9.17, 15) is 8.42 Å². The van der Waals surface area contributed by atoms with Crippen molar-refractivity contribution in [3.63, 3.8) is 0 Å². The quantitative estimate of drug-likeness (QED) is 0.444. The van der Waals surface area contributed by atoms with Crippen molar-refractivity contribution >= 4 is 10.3 Å². The maximum Gasteiger partial charge on any atom is 0.349 e. The summed E-state index contributed by atoms with van der Waals surface area (Å²) >= 11 is 0. The molecule has 0 heterocycles. The van der Waals surface area contributed by atoms with Crippen LogP contribution in [0.2, 0.25) is 0 Å². The minimum absolute atomic E-state index is 0.504. The van der Waals surface area contributed by atoms with E-state index in [0.29, 0.717) is 6.54 Å². The van der Waals surface area contributed by atoms with E-state index in [1.807, 2.05) is 0 Å². The zero-order valence-electron chi connectivity index (χ0n) is 6.54. The molecule has 0 spiro atoms. The summed E-state index contributed by atoms with van der Waals surface area (Å²) in [5, 5.41) is 4.54. The second-order valence-electron chi connectivity index (χ2n) is 2.18. The van der Waals surface area contributed by atoms with E-state index in [-0.39, 0.29) is 0 Å². The van der Waals surface area contributed by atoms with Crippen LogP contribution in [-0.2, 0) is 14.6 Å². The van der Waals surface area contributed by atoms with Crippen LogP contribution < -0.4 is 10.6 Å². The lowest BCUT2D eigenvalue weighted by Gasteiger charge is -2.00. The number of nitrogens with two attached hydrogens (primary N) is 1. The topological polar surface area (TPSA) is 81.4 Å². The fraction of sp³-hybridized carbons (Fsp3) is 1.00. The highest BCUT2D eigenvalue weighted by Gasteiger charge is 1.99. The molecule has 0 aromatic rings. The van der Waals surface area contributed by atoms with Crippen LogP contribution in [0, 0.1) is 0 Å². The van der Waals surface area contributed by atoms with Gasteiger partial charge in [0, 0.05) is 6.54 Å². The molecule has 0 atom stereocenters. The largest absolute Gasteiger partial charge is 0.349 e. The van der Waals surface area contributed by atoms with E-state index in [1.165, 1.54) is 0 Å². The predicted molar refractivity (Wildman–Crippen MR) is 41.7 cm³/mol. The van der Waals surface area contributed by atoms with Gasteiger partial charge >= 0.3 is 10.3 Å². The van der Waals surface area contributed by atoms with Gasteiger partial charge in [0.2, 0.25) is 0 Å². The zero-order chi connectivity index (χ0) is 8.74. The van der Waals surface area contributed by atoms with Crippen LogP contribution in [0.4, 0.5) is 0 Å². The third-order valence-corrected chi connectivity index (χ3v) is 1.41. The highest BCUT2D eigenvalue weighted by Crippen LogP contribution is 1.91. The molecule has 0 amide bonds. The molecule has 11 heavy (non-hydrogen) atoms. The van der Waals surface area contributed by atoms with Crippen LogP contribution in [0.1, 0.15) is 26.2 Å². The molecule has 0 rings (SSSR count). The molecule has 68 valence electrons. The molecular formula is C5H14N2O3S. The molecule has 5 nitrogen and oxygen atoms in total. The van der Waals surface area contributed by atoms with Gasteiger partial charge in [-0.3, -0.25) is 0 Å². The summed E-state index contributed by atoms with van der Waals surface area (Å²) in [6.07, 6.45) is 3.00. The van der Waals surface area contributed by atoms with E-state index in [2.05, 4.69) is 21.8 Å². The van der Waals surface area contributed by atoms with E-state index in [1.54, 1.807) is 0 Å². The van der Waals surface area contributed by atoms with Gasteiger partial charge in [0.15, 0.2) is 0 Å². The Kier molecular flexibility index (Phi) is 5.39. The van der Waals surface area contributed by atoms with Gasteiger partial charge in [-0.25, -0.2) is 5.14 Å². The Morgan fingerprint density at radius 3 is 2.55 bits per heavy atom. The van der Waals surface area contributed by atoms with Crippen molar-refractivity contribution in [1.29, 1.82) is 0 Å². The lowest BCUT2D eigenvalue weighted by molar-refractivity contribution is 0.202. The van der Waals surface area contributed by atoms with Crippen molar-refractivity contribution in [2.75, 3.05) is 6.54 Å². The molecule has 3 N–H and O–H groups in total. The van der Waals surface area contributed by atoms with Crippen molar-refractivity contribution in [2.24, 2.45) is 5.14 Å². The molecule has 0 bridgehead atoms. The SMILES string of the molecule is CCCCCNOS(N)(=O)=O. The summed E-state index contributed by atoms with van der Waals surface area (Å²) in [6.45, 7) is 2.56. The Labute approximate surface area is 67.1 Å². The van der Waals surface area contributed by atoms with E-state index >= 15 is 0 Å². The summed E-state index contributed by atoms with van der Waals surface area (Å²) < 4.78 is 24.4. The van der Waals surface area contributed by atoms with Gasteiger partial charge in [0.05, 0.1) is 0 Å². The molecule has 6 heteroatoms. The Morgan fingerprint density at radius 2 is 2.09 bits per heavy atom. The van der Waals surface area contributed by atoms with Crippen LogP contribution in [-0.4, -0.2) is 15.0 Å². The number of rotatable bonds is 6. The first kappa shape index (κ1) is 10.8. The molecule has 0 aromatic heterocycles. The average Bonchev–Trinajstić information content (AvgIpc) is 1.85. The Balaban J connectivity index is 3.16. The van der Waals surface area contributed by atoms with Crippen LogP contribution in [0.15, 0.2) is 0 Å². The van der Waals surface area contributed by atoms with E-state index in [4.69, 9.17) is 0 Å². The van der Waals surface area contributed by atoms with Crippen molar-refractivity contribution in [3.8, 4) is 0 Å². The predicted octanol–water partition coefficient (Wildman–Crippen LogP) is -0.0987. The molecule has 0 saturated heterocycles. The number of nitrogens with one attached hydrogen (secondary N) is 1. The second kappa shape index (κ2) is 5.48. The third-order valence-electron chi connectivity index (χ3n) is 1.06. The van der Waals surface area contributed by atoms with Gasteiger partial charge in [-0.05, 0) is 6.42 Å². The number of unbranched alkanes of at least 4 members (excludes halogenated alkanes) is 2. The molecule has 0 fully saturated rings. The van der Waals surface area contributed by atoms with Gasteiger partial charge < -0.3 is 0 Å². The monoisotopic (exact) mass is 182 g/mol. The summed E-state index contributed by atoms with van der Waals surface area (Å²) in [5.41, 5.74) is 2.25. The van der Waals surface area contributed by atoms with E-state index < -0.39 is 10.3 Å². The lowest BCUT2D eigenvalue weighted by Crippen LogP contribution is -2.26. The van der Waals surface area contributed by atoms with Crippen LogP contribution in [0.5, 0.6) is 0 Å². The molecule has 0 aliphatic carbocycles. The van der Waals surface area contributed by atoms with Crippen molar-refractivity contribution in [1.82, 2.24) is 5.48 Å². The Morgan fingerprint density at radius 1 is 1.45 bits per heavy atom. The van der Waals surface area contributed by atoms with Crippen molar-refractivity contribution < 1.29 is 12.7 Å². The number of hydroxylamine groups is 1. The molecular weight excluding hydrogens is 168 g/mol. The van der Waals surface area contributed by atoms with Crippen molar-refractivity contribution in [3.05, 3.63) is 0 Å². The molecule has 0 aliphatic heterocycles. The summed E-state index contributed by atoms with van der Waals surface area (Å²) in [6, 6.07) is 0. The fourth-order valence-electron chi connectivity index (χ4n) is 0.571. The number of hydrogen-bond acceptors (Lipinski definition) is 4. The molecule has 0 saturated carbocycles. The molecule has 0 unspecified atom stereocenters. The Bertz CT molecular complexity index is 178. The zero-order valence-corrected chi connectivity index (χ0v) is 7.36. The Hall–Kier alpha value is -0.170. The maximum absolute atomic E-state index is 10.2. The van der Waals surface area contributed by atoms with Gasteiger partial charge in [-0.15, -0.1) is 0 Å². The smallest absolute Gasteiger partial charge is 0.204 e. The highest BCUT2D eigenvalue weighted by molar-refractivity contribution is 7.84. The number of hydrogen-bond donors (Lipinski definition) is 2. The van der Waals surface area contributed by atoms with Gasteiger partial charge in [-0.1, -0.05) is 19.8 Å². The van der Waals surface area contributed by atoms with E-state index in [0.717, 1.165) is 19.3 Å². The van der Waals surface area contributed by atoms with Gasteiger partial charge in [0.25, 0.3) is 0 Å². The molecule has 0 aromatic carbocycles. The third kappa shape index (κ3) is 9.83. The second-order valence-corrected chi connectivity index (χ2v) is 3.33. The average molecular weight is 182 g/mol. The first-order valence-corrected chi connectivity index (χ1v) is 4.97. The lowest BCUT2D eigenvalue weighted by atomic mass is 10.3. The standard InChI is InChI=1S/C5H14N2O3S/c1-2-3-4-5-7-10-11(6,8)9/h7H,2-5H2,1H3,(H2,6,8,9). The van der Waals surface area contributed by atoms with Crippen LogP contribution in [0.3, 0.4) is 0 Å². The molecule has 0 radical (unpaired) electrons. The first-order valence-electron chi connectivity index (χ1n) is 3.50. The first-order chi connectivity index (χ1) is 5.06. The highest BCUT2D eigenvalue weighted by atomic mass is 32.2. The summed E-state index contributed by atoms with van der Waals surface area (Å²) in [4.78, 5) is 0. The fourth-order valence-corrected chi connectivity index (χ4v) is 0.819.